The topological polar surface area (TPSA) is 79.9 Å². The molecule has 4 N–H and O–H groups in total. The number of nitrogens with zero attached hydrogens (tertiary/aromatic N) is 1. The van der Waals surface area contributed by atoms with Crippen LogP contribution in [-0.4, -0.2) is 36.8 Å². The molecule has 0 saturated heterocycles. The van der Waals surface area contributed by atoms with E-state index in [9.17, 15) is 0 Å². The number of nitrogens with two attached hydrogens (primary N) is 1. The molecule has 0 aromatic carbocycles. The molecule has 0 atom stereocenters. The van der Waals surface area contributed by atoms with Gasteiger partial charge < -0.3 is 21.0 Å². The van der Waals surface area contributed by atoms with Crippen LogP contribution in [0, 0.1) is 0 Å². The lowest BCUT2D eigenvalue weighted by molar-refractivity contribution is 0.0609. The Kier molecular flexibility index (Phi) is 5.32. The van der Waals surface area contributed by atoms with Crippen molar-refractivity contribution in [3.63, 3.8) is 0 Å². The zero-order chi connectivity index (χ0) is 10.2. The van der Waals surface area contributed by atoms with Gasteiger partial charge in [0.1, 0.15) is 0 Å². The van der Waals surface area contributed by atoms with Crippen LogP contribution in [0.4, 0.5) is 0 Å². The van der Waals surface area contributed by atoms with Crippen LogP contribution in [0.5, 0.6) is 0 Å². The van der Waals surface area contributed by atoms with Crippen molar-refractivity contribution in [2.75, 3.05) is 19.7 Å². The van der Waals surface area contributed by atoms with Crippen LogP contribution < -0.4 is 11.1 Å². The Hall–Kier alpha value is -0.810. The van der Waals surface area contributed by atoms with Crippen LogP contribution in [0.2, 0.25) is 0 Å². The monoisotopic (exact) mass is 201 g/mol. The number of nitrogens with one attached hydrogen (secondary N) is 1. The maximum atomic E-state index is 8.26. The Morgan fingerprint density at radius 3 is 2.86 bits per heavy atom. The van der Waals surface area contributed by atoms with Crippen LogP contribution in [-0.2, 0) is 4.74 Å². The van der Waals surface area contributed by atoms with E-state index in [0.717, 1.165) is 6.54 Å². The van der Waals surface area contributed by atoms with Crippen molar-refractivity contribution in [2.45, 2.75) is 31.8 Å². The highest BCUT2D eigenvalue weighted by molar-refractivity contribution is 5.81. The third-order valence-corrected chi connectivity index (χ3v) is 2.37. The standard InChI is InChI=1S/C9H19N3O2/c10-9(12-13)7-11-5-6-14-8-3-1-2-4-8/h8,11,13H,1-7H2,(H2,10,12). The lowest BCUT2D eigenvalue weighted by Crippen LogP contribution is -2.31. The van der Waals surface area contributed by atoms with E-state index in [1.165, 1.54) is 25.7 Å². The van der Waals surface area contributed by atoms with Crippen molar-refractivity contribution < 1.29 is 9.94 Å². The maximum Gasteiger partial charge on any atom is 0.153 e. The van der Waals surface area contributed by atoms with Gasteiger partial charge in [0.2, 0.25) is 0 Å². The summed E-state index contributed by atoms with van der Waals surface area (Å²) < 4.78 is 5.61. The fourth-order valence-electron chi connectivity index (χ4n) is 1.60. The molecule has 1 saturated carbocycles. The molecule has 14 heavy (non-hydrogen) atoms. The van der Waals surface area contributed by atoms with Gasteiger partial charge in [0.05, 0.1) is 19.3 Å². The summed E-state index contributed by atoms with van der Waals surface area (Å²) in [4.78, 5) is 0. The van der Waals surface area contributed by atoms with Gasteiger partial charge in [0, 0.05) is 6.54 Å². The first kappa shape index (κ1) is 11.3. The smallest absolute Gasteiger partial charge is 0.153 e. The molecule has 0 radical (unpaired) electrons. The third kappa shape index (κ3) is 4.43. The molecule has 0 aromatic heterocycles. The Morgan fingerprint density at radius 1 is 1.50 bits per heavy atom. The third-order valence-electron chi connectivity index (χ3n) is 2.37. The molecule has 5 nitrogen and oxygen atoms in total. The fourth-order valence-corrected chi connectivity index (χ4v) is 1.60. The van der Waals surface area contributed by atoms with Crippen molar-refractivity contribution in [1.82, 2.24) is 5.32 Å². The van der Waals surface area contributed by atoms with Gasteiger partial charge in [-0.25, -0.2) is 0 Å². The van der Waals surface area contributed by atoms with Crippen LogP contribution >= 0.6 is 0 Å². The van der Waals surface area contributed by atoms with Gasteiger partial charge in [-0.2, -0.15) is 0 Å². The SMILES string of the molecule is NC(CNCCOC1CCCC1)=NO. The quantitative estimate of drug-likeness (QED) is 0.190. The minimum absolute atomic E-state index is 0.200. The molecule has 1 aliphatic rings. The highest BCUT2D eigenvalue weighted by Crippen LogP contribution is 2.20. The van der Waals surface area contributed by atoms with Crippen LogP contribution in [0.25, 0.3) is 0 Å². The molecule has 0 amide bonds. The summed E-state index contributed by atoms with van der Waals surface area (Å²) in [5.41, 5.74) is 5.27. The first-order valence-corrected chi connectivity index (χ1v) is 5.11. The van der Waals surface area contributed by atoms with Crippen LogP contribution in [0.15, 0.2) is 5.16 Å². The molecule has 0 bridgehead atoms. The molecule has 1 fully saturated rings. The van der Waals surface area contributed by atoms with Gasteiger partial charge in [0.25, 0.3) is 0 Å². The molecule has 0 aliphatic heterocycles. The zero-order valence-electron chi connectivity index (χ0n) is 8.41. The van der Waals surface area contributed by atoms with Gasteiger partial charge >= 0.3 is 0 Å². The molecule has 1 aliphatic carbocycles. The van der Waals surface area contributed by atoms with E-state index in [0.29, 0.717) is 19.3 Å². The van der Waals surface area contributed by atoms with Crippen molar-refractivity contribution >= 4 is 5.84 Å². The average Bonchev–Trinajstić information content (AvgIpc) is 2.69. The summed E-state index contributed by atoms with van der Waals surface area (Å²) in [6.45, 7) is 1.85. The predicted octanol–water partition coefficient (Wildman–Crippen LogP) is 0.282. The molecular weight excluding hydrogens is 182 g/mol. The minimum atomic E-state index is 0.200. The second-order valence-corrected chi connectivity index (χ2v) is 3.55. The molecule has 0 aromatic rings. The molecule has 0 spiro atoms. The summed E-state index contributed by atoms with van der Waals surface area (Å²) in [7, 11) is 0. The van der Waals surface area contributed by atoms with Gasteiger partial charge in [-0.3, -0.25) is 0 Å². The highest BCUT2D eigenvalue weighted by atomic mass is 16.5. The molecular formula is C9H19N3O2. The fraction of sp³-hybridized carbons (Fsp3) is 0.889. The second kappa shape index (κ2) is 6.62. The lowest BCUT2D eigenvalue weighted by atomic mass is 10.3. The first-order valence-electron chi connectivity index (χ1n) is 5.11. The van der Waals surface area contributed by atoms with Crippen molar-refractivity contribution in [3.05, 3.63) is 0 Å². The Labute approximate surface area is 84.3 Å². The van der Waals surface area contributed by atoms with Crippen LogP contribution in [0.3, 0.4) is 0 Å². The zero-order valence-corrected chi connectivity index (χ0v) is 8.41. The summed E-state index contributed by atoms with van der Waals surface area (Å²) in [6.07, 6.45) is 5.44. The predicted molar refractivity (Wildman–Crippen MR) is 54.5 cm³/mol. The summed E-state index contributed by atoms with van der Waals surface area (Å²) in [5.74, 6) is 0.200. The van der Waals surface area contributed by atoms with Gasteiger partial charge in [-0.05, 0) is 12.8 Å². The van der Waals surface area contributed by atoms with Crippen molar-refractivity contribution in [1.29, 1.82) is 0 Å². The number of hydrogen-bond donors (Lipinski definition) is 3. The molecule has 0 heterocycles. The largest absolute Gasteiger partial charge is 0.409 e. The molecule has 0 unspecified atom stereocenters. The van der Waals surface area contributed by atoms with Gasteiger partial charge in [0.15, 0.2) is 5.84 Å². The maximum absolute atomic E-state index is 8.26. The minimum Gasteiger partial charge on any atom is -0.409 e. The number of hydrogen-bond acceptors (Lipinski definition) is 4. The van der Waals surface area contributed by atoms with E-state index in [4.69, 9.17) is 15.7 Å². The first-order chi connectivity index (χ1) is 6.83. The Bertz CT molecular complexity index is 179. The van der Waals surface area contributed by atoms with Gasteiger partial charge in [-0.1, -0.05) is 18.0 Å². The Morgan fingerprint density at radius 2 is 2.21 bits per heavy atom. The highest BCUT2D eigenvalue weighted by Gasteiger charge is 2.14. The summed E-state index contributed by atoms with van der Waals surface area (Å²) >= 11 is 0. The van der Waals surface area contributed by atoms with E-state index in [2.05, 4.69) is 10.5 Å². The normalized spacial score (nSPS) is 19.0. The van der Waals surface area contributed by atoms with E-state index in [1.807, 2.05) is 0 Å². The molecule has 1 rings (SSSR count). The van der Waals surface area contributed by atoms with Gasteiger partial charge in [-0.15, -0.1) is 0 Å². The summed E-state index contributed by atoms with van der Waals surface area (Å²) in [5, 5.41) is 14.1. The number of oxime groups is 1. The second-order valence-electron chi connectivity index (χ2n) is 3.55. The number of amidine groups is 1. The van der Waals surface area contributed by atoms with Crippen molar-refractivity contribution in [2.24, 2.45) is 10.9 Å². The Balaban J connectivity index is 1.89. The van der Waals surface area contributed by atoms with E-state index in [1.54, 1.807) is 0 Å². The lowest BCUT2D eigenvalue weighted by Gasteiger charge is -2.10. The molecule has 82 valence electrons. The van der Waals surface area contributed by atoms with Crippen LogP contribution in [0.1, 0.15) is 25.7 Å². The number of ether oxygens (including phenoxy) is 1. The molecule has 5 heteroatoms. The van der Waals surface area contributed by atoms with Crippen molar-refractivity contribution in [3.8, 4) is 0 Å². The van der Waals surface area contributed by atoms with E-state index in [-0.39, 0.29) is 5.84 Å². The average molecular weight is 201 g/mol. The van der Waals surface area contributed by atoms with E-state index >= 15 is 0 Å². The summed E-state index contributed by atoms with van der Waals surface area (Å²) in [6, 6.07) is 0. The number of rotatable bonds is 6. The van der Waals surface area contributed by atoms with E-state index < -0.39 is 0 Å².